The molecule has 28 heteroatoms. The molecule has 6 heterocycles. The average molecular weight is 4080 g/mol. The van der Waals surface area contributed by atoms with Crippen LogP contribution in [0.15, 0.2) is 140 Å². The second-order valence-electron chi connectivity index (χ2n) is 34.7. The average Bonchev–Trinajstić information content (AvgIpc) is 1.51. The number of halogens is 23. The third-order valence-corrected chi connectivity index (χ3v) is 1590. The number of aryl methyl sites for hydroxylation is 2. The van der Waals surface area contributed by atoms with Crippen LogP contribution in [0.2, 0.25) is 0 Å². The summed E-state index contributed by atoms with van der Waals surface area (Å²) in [5.41, 5.74) is 30.1. The van der Waals surface area contributed by atoms with Crippen molar-refractivity contribution in [2.75, 3.05) is 9.80 Å². The first-order chi connectivity index (χ1) is 51.4. The Kier molecular flexibility index (Phi) is 34.0. The Morgan fingerprint density at radius 2 is 0.811 bits per heavy atom. The maximum atomic E-state index is 3.21. The molecule has 4 unspecified atom stereocenters. The van der Waals surface area contributed by atoms with Crippen LogP contribution in [0.3, 0.4) is 0 Å². The fourth-order valence-corrected chi connectivity index (χ4v) is 3580. The minimum absolute atomic E-state index is 0. The van der Waals surface area contributed by atoms with Crippen LogP contribution in [-0.2, 0) is 32.5 Å². The van der Waals surface area contributed by atoms with Crippen molar-refractivity contribution in [3.8, 4) is 11.4 Å². The van der Waals surface area contributed by atoms with Crippen LogP contribution in [0.4, 0.5) is 22.7 Å². The number of rotatable bonds is 12. The van der Waals surface area contributed by atoms with Gasteiger partial charge in [-0.2, -0.15) is 0 Å². The molecule has 2 fully saturated rings. The Hall–Kier alpha value is 9.81. The third-order valence-electron chi connectivity index (χ3n) is 24.3. The quantitative estimate of drug-likeness (QED) is 0.0895. The normalized spacial score (nSPS) is 21.6. The Morgan fingerprint density at radius 3 is 1.32 bits per heavy atom. The van der Waals surface area contributed by atoms with E-state index in [0.29, 0.717) is 13.3 Å². The molecular formula is C83H97BI23N4-. The number of nitrogens with zero attached hydrogens (tertiary/aromatic N) is 4. The van der Waals surface area contributed by atoms with E-state index in [0.717, 1.165) is 0 Å². The number of para-hydroxylation sites is 2. The van der Waals surface area contributed by atoms with Gasteiger partial charge >= 0.3 is 316 Å². The van der Waals surface area contributed by atoms with E-state index in [1.54, 1.807) is 5.56 Å². The van der Waals surface area contributed by atoms with E-state index < -0.39 is 63.2 Å². The first-order valence-electron chi connectivity index (χ1n) is 36.4. The SMILES string of the molecule is C.Cc1cc(N2c3ccccc3C3(C)CCCCC23C)cc(-n2c3ccc(C(C)(C)C)cc3c3cc(C(C)(C)C)ccc32)c1.Cc1cc2c3c(c1)-n1c4ccc(C(C)(C)C)cc4c4cc(C(C)(C)C)cc(c41)B3c1cccc3c1N2C1(C)CCCCC31C.I[I-]I(I)I(I)I(I)I(I)I(I)I(I)I(I)I(I)I(I)I(I)I. The molecular weight excluding hydrogens is 3980 g/mol. The van der Waals surface area contributed by atoms with Gasteiger partial charge in [0.15, 0.2) is 0 Å². The van der Waals surface area contributed by atoms with Crippen LogP contribution < -0.4 is 39.4 Å². The van der Waals surface area contributed by atoms with E-state index >= 15 is 0 Å². The van der Waals surface area contributed by atoms with Crippen LogP contribution >= 0.6 is 302 Å². The van der Waals surface area contributed by atoms with Gasteiger partial charge in [-0.25, -0.2) is 0 Å². The Morgan fingerprint density at radius 1 is 0.387 bits per heavy atom. The summed E-state index contributed by atoms with van der Waals surface area (Å²) in [6, 6.07) is 55.5. The second kappa shape index (κ2) is 38.4. The fourth-order valence-electron chi connectivity index (χ4n) is 18.5. The summed E-state index contributed by atoms with van der Waals surface area (Å²) in [6.45, 7) is 43.0. The predicted octanol–water partition coefficient (Wildman–Crippen LogP) is 37.1. The molecule has 8 aromatic carbocycles. The topological polar surface area (TPSA) is 16.3 Å². The van der Waals surface area contributed by atoms with E-state index in [9.17, 15) is 0 Å². The van der Waals surface area contributed by atoms with Crippen LogP contribution in [0, 0.1) is 13.8 Å². The summed E-state index contributed by atoms with van der Waals surface area (Å²) < 4.78 is 5.17. The monoisotopic (exact) mass is 4080 g/mol. The Balaban J connectivity index is 0.000000153. The molecule has 111 heavy (non-hydrogen) atoms. The molecule has 10 aromatic rings. The van der Waals surface area contributed by atoms with Crippen LogP contribution in [-0.4, -0.2) is 26.9 Å². The summed E-state index contributed by atoms with van der Waals surface area (Å²) in [7, 11) is -4.05. The van der Waals surface area contributed by atoms with Gasteiger partial charge < -0.3 is 18.9 Å². The number of aromatic nitrogens is 2. The Bertz CT molecular complexity index is 5180. The molecule has 2 aromatic heterocycles. The predicted molar refractivity (Wildman–Crippen MR) is 691 cm³/mol. The number of hydrogen-bond donors (Lipinski definition) is 0. The maximum absolute atomic E-state index is 3.21. The van der Waals surface area contributed by atoms with Crippen molar-refractivity contribution < 1.29 is 13.3 Å². The summed E-state index contributed by atoms with van der Waals surface area (Å²) in [6.07, 6.45) is 10.2. The molecule has 4 nitrogen and oxygen atoms in total. The van der Waals surface area contributed by atoms with Gasteiger partial charge in [0.05, 0.1) is 27.6 Å². The van der Waals surface area contributed by atoms with Gasteiger partial charge in [0.2, 0.25) is 0 Å². The second-order valence-corrected chi connectivity index (χ2v) is 538. The van der Waals surface area contributed by atoms with E-state index in [-0.39, 0.29) is 73.5 Å². The molecule has 16 rings (SSSR count). The van der Waals surface area contributed by atoms with Crippen molar-refractivity contribution >= 4 is 392 Å². The molecule has 2 saturated carbocycles. The molecule has 0 N–H and O–H groups in total. The standard InChI is InChI=1S/C41H45BN2.C41H48N2.CH4.I23/c1-24-19-33-35-34(20-24)44-37-29(40(8)17-10-11-18-41(40,44)9)13-12-14-30(37)42(35)31-23-26(39(5,6)7)22-28-27-21-25(38(2,3)4)15-16-32(27)43(33)36(28)31;1-27-22-30(26-31(23-27)43-37-15-11-10-14-34(37)40(8)20-12-13-21-41(40,43)9)42-35-18-16-28(38(2,3)4)24-32(35)33-25-29(39(5,6)7)17-19-36(33)42;;1-13-15(4)17(6)19(8)21(10)23(12)22(11)20(9)18(7)16(5)14(2)3/h12-16,19-23H,10-11,17-18H2,1-9H3;10-11,14-19,22-26H,12-13,20-21H2,1-9H3;1H4;/q;;;-1. The molecule has 6 aliphatic rings. The zero-order chi connectivity index (χ0) is 79.7. The van der Waals surface area contributed by atoms with Gasteiger partial charge in [-0.15, -0.1) is 0 Å². The van der Waals surface area contributed by atoms with Crippen molar-refractivity contribution in [2.45, 2.75) is 227 Å². The van der Waals surface area contributed by atoms with E-state index in [4.69, 9.17) is 0 Å². The van der Waals surface area contributed by atoms with E-state index in [2.05, 4.69) is 506 Å². The van der Waals surface area contributed by atoms with Crippen molar-refractivity contribution in [3.63, 3.8) is 0 Å². The summed E-state index contributed by atoms with van der Waals surface area (Å²) in [4.78, 5) is 5.56. The first kappa shape index (κ1) is 98.3. The summed E-state index contributed by atoms with van der Waals surface area (Å²) in [5, 5.41) is 5.48. The van der Waals surface area contributed by atoms with Gasteiger partial charge in [0.25, 0.3) is 6.71 Å². The molecule has 0 spiro atoms. The van der Waals surface area contributed by atoms with Gasteiger partial charge in [-0.3, -0.25) is 0 Å². The first-order valence-corrected chi connectivity index (χ1v) is 175. The van der Waals surface area contributed by atoms with Crippen LogP contribution in [0.25, 0.3) is 55.0 Å². The van der Waals surface area contributed by atoms with Crippen molar-refractivity contribution in [1.82, 2.24) is 9.13 Å². The summed E-state index contributed by atoms with van der Waals surface area (Å²) >= 11 is 37.6. The van der Waals surface area contributed by atoms with Crippen molar-refractivity contribution in [1.29, 1.82) is 0 Å². The van der Waals surface area contributed by atoms with Crippen LogP contribution in [0.1, 0.15) is 214 Å². The number of benzene rings is 8. The number of anilines is 4. The van der Waals surface area contributed by atoms with Gasteiger partial charge in [0, 0.05) is 72.0 Å². The van der Waals surface area contributed by atoms with Gasteiger partial charge in [-0.05, 0) is 215 Å². The van der Waals surface area contributed by atoms with Crippen LogP contribution in [0.5, 0.6) is 0 Å². The fraction of sp³-hybridized carbons (Fsp3) is 0.422. The molecule has 4 atom stereocenters. The zero-order valence-electron chi connectivity index (χ0n) is 64.5. The van der Waals surface area contributed by atoms with Gasteiger partial charge in [0.1, 0.15) is 0 Å². The molecule has 0 amide bonds. The number of hydrogen-bond acceptors (Lipinski definition) is 2. The molecule has 614 valence electrons. The van der Waals surface area contributed by atoms with E-state index in [1.165, 1.54) is 184 Å². The molecule has 0 saturated heterocycles. The summed E-state index contributed by atoms with van der Waals surface area (Å²) in [5.74, 6) is 0. The van der Waals surface area contributed by atoms with Gasteiger partial charge in [-0.1, -0.05) is 191 Å². The molecule has 2 aliphatic carbocycles. The van der Waals surface area contributed by atoms with E-state index in [1.807, 2.05) is 0 Å². The van der Waals surface area contributed by atoms with Crippen molar-refractivity contribution in [2.24, 2.45) is 0 Å². The molecule has 0 bridgehead atoms. The third kappa shape index (κ3) is 18.5. The minimum atomic E-state index is -0.448. The Labute approximate surface area is 824 Å². The number of fused-ring (bicyclic) bond motifs is 16. The molecule has 4 aliphatic heterocycles. The molecule has 0 radical (unpaired) electrons. The van der Waals surface area contributed by atoms with Crippen molar-refractivity contribution in [3.05, 3.63) is 184 Å². The zero-order valence-corrected chi connectivity index (χ0v) is 114.